The molecule has 1 saturated heterocycles. The molecule has 2 N–H and O–H groups in total. The first-order valence-electron chi connectivity index (χ1n) is 8.67. The first kappa shape index (κ1) is 19.2. The molecule has 0 aliphatic carbocycles. The molecule has 1 fully saturated rings. The molecule has 138 valence electrons. The quantitative estimate of drug-likeness (QED) is 0.850. The number of hydrogen-bond donors (Lipinski definition) is 2. The smallest absolute Gasteiger partial charge is 0.317 e. The minimum Gasteiger partial charge on any atom is -0.352 e. The maximum atomic E-state index is 13.5. The van der Waals surface area contributed by atoms with Crippen LogP contribution in [0.3, 0.4) is 0 Å². The molecule has 0 spiro atoms. The summed E-state index contributed by atoms with van der Waals surface area (Å²) < 4.78 is 13.5. The van der Waals surface area contributed by atoms with E-state index in [1.807, 2.05) is 6.92 Å². The Labute approximate surface area is 148 Å². The normalized spacial score (nSPS) is 16.6. The van der Waals surface area contributed by atoms with Crippen LogP contribution in [0.1, 0.15) is 31.4 Å². The Bertz CT molecular complexity index is 600. The van der Waals surface area contributed by atoms with E-state index in [1.54, 1.807) is 36.0 Å². The van der Waals surface area contributed by atoms with Gasteiger partial charge in [0.2, 0.25) is 5.91 Å². The lowest BCUT2D eigenvalue weighted by Crippen LogP contribution is -2.50. The maximum absolute atomic E-state index is 13.5. The van der Waals surface area contributed by atoms with E-state index in [0.717, 1.165) is 0 Å². The van der Waals surface area contributed by atoms with Crippen molar-refractivity contribution in [2.75, 3.05) is 33.7 Å². The summed E-state index contributed by atoms with van der Waals surface area (Å²) in [7, 11) is 3.60. The van der Waals surface area contributed by atoms with Crippen LogP contribution in [0.2, 0.25) is 0 Å². The lowest BCUT2D eigenvalue weighted by molar-refractivity contribution is -0.126. The van der Waals surface area contributed by atoms with Gasteiger partial charge >= 0.3 is 6.03 Å². The van der Waals surface area contributed by atoms with Crippen LogP contribution < -0.4 is 10.6 Å². The third kappa shape index (κ3) is 5.16. The van der Waals surface area contributed by atoms with Gasteiger partial charge in [0.25, 0.3) is 0 Å². The Balaban J connectivity index is 1.95. The molecule has 0 aromatic heterocycles. The molecule has 7 heteroatoms. The van der Waals surface area contributed by atoms with Gasteiger partial charge in [-0.3, -0.25) is 9.69 Å². The van der Waals surface area contributed by atoms with E-state index in [0.29, 0.717) is 38.0 Å². The van der Waals surface area contributed by atoms with Gasteiger partial charge in [-0.05, 0) is 51.6 Å². The first-order valence-corrected chi connectivity index (χ1v) is 8.67. The summed E-state index contributed by atoms with van der Waals surface area (Å²) >= 11 is 0. The van der Waals surface area contributed by atoms with Gasteiger partial charge < -0.3 is 15.5 Å². The summed E-state index contributed by atoms with van der Waals surface area (Å²) in [5.41, 5.74) is 0.627. The van der Waals surface area contributed by atoms with E-state index in [-0.39, 0.29) is 23.8 Å². The maximum Gasteiger partial charge on any atom is 0.317 e. The molecule has 0 unspecified atom stereocenters. The standard InChI is InChI=1S/C18H27FN4O2/c1-4-20-18(25)23-10-8-15(9-11-23)21-17(24)16(22(2)3)13-6-5-7-14(19)12-13/h5-7,12,15-16H,4,8-11H2,1-3H3,(H,20,25)(H,21,24)/t16-/m0/s1. The second-order valence-corrected chi connectivity index (χ2v) is 6.53. The van der Waals surface area contributed by atoms with Gasteiger partial charge in [-0.1, -0.05) is 12.1 Å². The number of likely N-dealkylation sites (N-methyl/N-ethyl adjacent to an activating group) is 1. The summed E-state index contributed by atoms with van der Waals surface area (Å²) in [6.45, 7) is 3.72. The average molecular weight is 350 g/mol. The van der Waals surface area contributed by atoms with Gasteiger partial charge in [-0.2, -0.15) is 0 Å². The monoisotopic (exact) mass is 350 g/mol. The molecule has 1 heterocycles. The molecule has 25 heavy (non-hydrogen) atoms. The number of likely N-dealkylation sites (tertiary alicyclic amines) is 1. The highest BCUT2D eigenvalue weighted by Crippen LogP contribution is 2.20. The summed E-state index contributed by atoms with van der Waals surface area (Å²) in [4.78, 5) is 28.1. The zero-order valence-corrected chi connectivity index (χ0v) is 15.1. The zero-order chi connectivity index (χ0) is 18.4. The molecular formula is C18H27FN4O2. The third-order valence-corrected chi connectivity index (χ3v) is 4.39. The summed E-state index contributed by atoms with van der Waals surface area (Å²) in [5.74, 6) is -0.501. The topological polar surface area (TPSA) is 64.7 Å². The number of benzene rings is 1. The second-order valence-electron chi connectivity index (χ2n) is 6.53. The van der Waals surface area contributed by atoms with E-state index in [9.17, 15) is 14.0 Å². The Morgan fingerprint density at radius 1 is 1.32 bits per heavy atom. The highest BCUT2D eigenvalue weighted by molar-refractivity contribution is 5.83. The molecule has 1 aliphatic rings. The van der Waals surface area contributed by atoms with Gasteiger partial charge in [0.15, 0.2) is 0 Å². The van der Waals surface area contributed by atoms with Crippen molar-refractivity contribution < 1.29 is 14.0 Å². The molecule has 0 saturated carbocycles. The van der Waals surface area contributed by atoms with Gasteiger partial charge in [-0.15, -0.1) is 0 Å². The highest BCUT2D eigenvalue weighted by Gasteiger charge is 2.28. The number of halogens is 1. The number of nitrogens with one attached hydrogen (secondary N) is 2. The van der Waals surface area contributed by atoms with E-state index in [4.69, 9.17) is 0 Å². The number of urea groups is 1. The molecule has 1 aromatic carbocycles. The molecule has 6 nitrogen and oxygen atoms in total. The van der Waals surface area contributed by atoms with Crippen LogP contribution in [-0.2, 0) is 4.79 Å². The Kier molecular flexibility index (Phi) is 6.75. The number of piperidine rings is 1. The predicted octanol–water partition coefficient (Wildman–Crippen LogP) is 1.74. The lowest BCUT2D eigenvalue weighted by atomic mass is 10.0. The fourth-order valence-electron chi connectivity index (χ4n) is 3.13. The summed E-state index contributed by atoms with van der Waals surface area (Å²) in [5, 5.41) is 5.84. The van der Waals surface area contributed by atoms with Crippen LogP contribution in [0.25, 0.3) is 0 Å². The molecule has 2 rings (SSSR count). The molecule has 1 aromatic rings. The van der Waals surface area contributed by atoms with Gasteiger partial charge in [0.1, 0.15) is 11.9 Å². The zero-order valence-electron chi connectivity index (χ0n) is 15.1. The van der Waals surface area contributed by atoms with Crippen molar-refractivity contribution in [3.05, 3.63) is 35.6 Å². The van der Waals surface area contributed by atoms with Crippen LogP contribution >= 0.6 is 0 Å². The van der Waals surface area contributed by atoms with E-state index in [2.05, 4.69) is 10.6 Å². The molecule has 1 aliphatic heterocycles. The molecule has 3 amide bonds. The van der Waals surface area contributed by atoms with E-state index in [1.165, 1.54) is 12.1 Å². The fraction of sp³-hybridized carbons (Fsp3) is 0.556. The van der Waals surface area contributed by atoms with Crippen LogP contribution in [0, 0.1) is 5.82 Å². The number of rotatable bonds is 5. The van der Waals surface area contributed by atoms with Crippen molar-refractivity contribution in [1.29, 1.82) is 0 Å². The third-order valence-electron chi connectivity index (χ3n) is 4.39. The predicted molar refractivity (Wildman–Crippen MR) is 94.6 cm³/mol. The molecule has 0 bridgehead atoms. The van der Waals surface area contributed by atoms with Gasteiger partial charge in [0, 0.05) is 25.7 Å². The van der Waals surface area contributed by atoms with Crippen molar-refractivity contribution in [3.8, 4) is 0 Å². The summed E-state index contributed by atoms with van der Waals surface area (Å²) in [6, 6.07) is 5.54. The van der Waals surface area contributed by atoms with Gasteiger partial charge in [-0.25, -0.2) is 9.18 Å². The Morgan fingerprint density at radius 2 is 2.00 bits per heavy atom. The highest BCUT2D eigenvalue weighted by atomic mass is 19.1. The number of nitrogens with zero attached hydrogens (tertiary/aromatic N) is 2. The molecule has 1 atom stereocenters. The van der Waals surface area contributed by atoms with Crippen LogP contribution in [0.5, 0.6) is 0 Å². The molecule has 0 radical (unpaired) electrons. The van der Waals surface area contributed by atoms with Crippen molar-refractivity contribution in [3.63, 3.8) is 0 Å². The Hall–Kier alpha value is -2.15. The van der Waals surface area contributed by atoms with Crippen molar-refractivity contribution in [2.24, 2.45) is 0 Å². The number of amides is 3. The molecular weight excluding hydrogens is 323 g/mol. The number of hydrogen-bond acceptors (Lipinski definition) is 3. The SMILES string of the molecule is CCNC(=O)N1CCC(NC(=O)[C@H](c2cccc(F)c2)N(C)C)CC1. The van der Waals surface area contributed by atoms with Crippen molar-refractivity contribution >= 4 is 11.9 Å². The van der Waals surface area contributed by atoms with E-state index >= 15 is 0 Å². The fourth-order valence-corrected chi connectivity index (χ4v) is 3.13. The van der Waals surface area contributed by atoms with Crippen molar-refractivity contribution in [2.45, 2.75) is 31.8 Å². The van der Waals surface area contributed by atoms with Crippen LogP contribution in [0.4, 0.5) is 9.18 Å². The first-order chi connectivity index (χ1) is 11.9. The Morgan fingerprint density at radius 3 is 2.56 bits per heavy atom. The van der Waals surface area contributed by atoms with Crippen molar-refractivity contribution in [1.82, 2.24) is 20.4 Å². The minimum atomic E-state index is -0.544. The van der Waals surface area contributed by atoms with Crippen LogP contribution in [0.15, 0.2) is 24.3 Å². The average Bonchev–Trinajstić information content (AvgIpc) is 2.55. The number of carbonyl (C=O) groups is 2. The summed E-state index contributed by atoms with van der Waals surface area (Å²) in [6.07, 6.45) is 1.43. The van der Waals surface area contributed by atoms with Crippen LogP contribution in [-0.4, -0.2) is 61.5 Å². The lowest BCUT2D eigenvalue weighted by Gasteiger charge is -2.34. The number of carbonyl (C=O) groups excluding carboxylic acids is 2. The second kappa shape index (κ2) is 8.80. The minimum absolute atomic E-state index is 0.0224. The van der Waals surface area contributed by atoms with Gasteiger partial charge in [0.05, 0.1) is 0 Å². The largest absolute Gasteiger partial charge is 0.352 e. The van der Waals surface area contributed by atoms with E-state index < -0.39 is 6.04 Å².